The summed E-state index contributed by atoms with van der Waals surface area (Å²) in [5, 5.41) is 5.59. The van der Waals surface area contributed by atoms with Gasteiger partial charge in [-0.1, -0.05) is 64.6 Å². The molecule has 0 aliphatic carbocycles. The van der Waals surface area contributed by atoms with Gasteiger partial charge in [-0.05, 0) is 35.9 Å². The summed E-state index contributed by atoms with van der Waals surface area (Å²) in [6.45, 7) is 0.752. The minimum atomic E-state index is 0.308. The van der Waals surface area contributed by atoms with Crippen LogP contribution in [0.3, 0.4) is 0 Å². The molecule has 7 heteroatoms. The van der Waals surface area contributed by atoms with E-state index in [0.29, 0.717) is 44.7 Å². The minimum absolute atomic E-state index is 0.308. The molecule has 0 aliphatic rings. The van der Waals surface area contributed by atoms with E-state index in [1.807, 2.05) is 30.3 Å². The maximum Gasteiger partial charge on any atom is 0.163 e. The lowest BCUT2D eigenvalue weighted by Gasteiger charge is -2.15. The largest absolute Gasteiger partial charge is 0.493 e. The molecule has 0 atom stereocenters. The SMILES string of the molecule is COc1cc(CNc2cc(Cl)ccc2Cl)c(Cl)cc1OCc1ccccc1Cl. The van der Waals surface area contributed by atoms with E-state index >= 15 is 0 Å². The van der Waals surface area contributed by atoms with E-state index in [4.69, 9.17) is 55.9 Å². The van der Waals surface area contributed by atoms with Crippen molar-refractivity contribution >= 4 is 52.1 Å². The van der Waals surface area contributed by atoms with E-state index in [0.717, 1.165) is 16.8 Å². The highest BCUT2D eigenvalue weighted by Crippen LogP contribution is 2.35. The Morgan fingerprint density at radius 3 is 2.32 bits per heavy atom. The van der Waals surface area contributed by atoms with Crippen LogP contribution in [0.4, 0.5) is 5.69 Å². The van der Waals surface area contributed by atoms with Crippen LogP contribution in [0.15, 0.2) is 54.6 Å². The monoisotopic (exact) mass is 455 g/mol. The number of nitrogens with one attached hydrogen (secondary N) is 1. The third-order valence-corrected chi connectivity index (χ3v) is 5.36. The number of benzene rings is 3. The smallest absolute Gasteiger partial charge is 0.163 e. The molecule has 0 heterocycles. The summed E-state index contributed by atoms with van der Waals surface area (Å²) in [7, 11) is 1.58. The summed E-state index contributed by atoms with van der Waals surface area (Å²) in [4.78, 5) is 0. The molecule has 0 bridgehead atoms. The molecular weight excluding hydrogens is 440 g/mol. The normalized spacial score (nSPS) is 10.6. The van der Waals surface area contributed by atoms with Gasteiger partial charge in [0.15, 0.2) is 11.5 Å². The summed E-state index contributed by atoms with van der Waals surface area (Å²) in [5.74, 6) is 1.11. The summed E-state index contributed by atoms with van der Waals surface area (Å²) in [6, 6.07) is 16.3. The molecule has 1 N–H and O–H groups in total. The highest BCUT2D eigenvalue weighted by atomic mass is 35.5. The third-order valence-electron chi connectivity index (χ3n) is 4.07. The molecule has 0 amide bonds. The van der Waals surface area contributed by atoms with E-state index in [-0.39, 0.29) is 0 Å². The maximum absolute atomic E-state index is 6.45. The second-order valence-electron chi connectivity index (χ2n) is 5.95. The van der Waals surface area contributed by atoms with Gasteiger partial charge in [-0.25, -0.2) is 0 Å². The van der Waals surface area contributed by atoms with Gasteiger partial charge in [-0.15, -0.1) is 0 Å². The number of ether oxygens (including phenoxy) is 2. The first-order valence-corrected chi connectivity index (χ1v) is 9.90. The van der Waals surface area contributed by atoms with Crippen molar-refractivity contribution in [2.24, 2.45) is 0 Å². The molecule has 28 heavy (non-hydrogen) atoms. The summed E-state index contributed by atoms with van der Waals surface area (Å²) < 4.78 is 11.3. The van der Waals surface area contributed by atoms with Gasteiger partial charge in [0.2, 0.25) is 0 Å². The molecule has 0 spiro atoms. The highest BCUT2D eigenvalue weighted by Gasteiger charge is 2.12. The molecule has 3 aromatic carbocycles. The van der Waals surface area contributed by atoms with E-state index in [9.17, 15) is 0 Å². The Kier molecular flexibility index (Phi) is 7.19. The van der Waals surface area contributed by atoms with Gasteiger partial charge >= 0.3 is 0 Å². The highest BCUT2D eigenvalue weighted by molar-refractivity contribution is 6.35. The van der Waals surface area contributed by atoms with Gasteiger partial charge in [-0.3, -0.25) is 0 Å². The Morgan fingerprint density at radius 2 is 1.57 bits per heavy atom. The standard InChI is InChI=1S/C21H17Cl4NO2/c1-27-20-8-14(11-26-19-9-15(22)6-7-17(19)24)18(25)10-21(20)28-12-13-4-2-3-5-16(13)23/h2-10,26H,11-12H2,1H3. The number of anilines is 1. The zero-order valence-electron chi connectivity index (χ0n) is 14.9. The molecule has 0 radical (unpaired) electrons. The molecule has 0 fully saturated rings. The zero-order chi connectivity index (χ0) is 20.1. The quantitative estimate of drug-likeness (QED) is 0.399. The van der Waals surface area contributed by atoms with Crippen LogP contribution in [0.25, 0.3) is 0 Å². The van der Waals surface area contributed by atoms with Crippen LogP contribution >= 0.6 is 46.4 Å². The van der Waals surface area contributed by atoms with E-state index in [1.165, 1.54) is 0 Å². The van der Waals surface area contributed by atoms with Crippen LogP contribution in [-0.2, 0) is 13.2 Å². The molecule has 0 saturated carbocycles. The fraction of sp³-hybridized carbons (Fsp3) is 0.143. The Bertz CT molecular complexity index is 979. The zero-order valence-corrected chi connectivity index (χ0v) is 18.0. The predicted molar refractivity (Wildman–Crippen MR) is 118 cm³/mol. The maximum atomic E-state index is 6.45. The van der Waals surface area contributed by atoms with Crippen LogP contribution in [-0.4, -0.2) is 7.11 Å². The molecular formula is C21H17Cl4NO2. The fourth-order valence-electron chi connectivity index (χ4n) is 2.58. The first-order chi connectivity index (χ1) is 13.5. The number of rotatable bonds is 7. The molecule has 0 aromatic heterocycles. The van der Waals surface area contributed by atoms with Crippen molar-refractivity contribution in [3.05, 3.63) is 85.8 Å². The van der Waals surface area contributed by atoms with E-state index in [2.05, 4.69) is 5.32 Å². The number of halogens is 4. The molecule has 146 valence electrons. The van der Waals surface area contributed by atoms with Crippen molar-refractivity contribution in [1.29, 1.82) is 0 Å². The average molecular weight is 457 g/mol. The Balaban J connectivity index is 1.75. The summed E-state index contributed by atoms with van der Waals surface area (Å²) in [6.07, 6.45) is 0. The topological polar surface area (TPSA) is 30.5 Å². The van der Waals surface area contributed by atoms with Crippen molar-refractivity contribution in [3.8, 4) is 11.5 Å². The van der Waals surface area contributed by atoms with Crippen molar-refractivity contribution < 1.29 is 9.47 Å². The van der Waals surface area contributed by atoms with Gasteiger partial charge in [0.05, 0.1) is 17.8 Å². The van der Waals surface area contributed by atoms with Crippen molar-refractivity contribution in [3.63, 3.8) is 0 Å². The molecule has 3 nitrogen and oxygen atoms in total. The molecule has 0 unspecified atom stereocenters. The third kappa shape index (κ3) is 5.18. The van der Waals surface area contributed by atoms with E-state index in [1.54, 1.807) is 31.4 Å². The number of methoxy groups -OCH3 is 1. The predicted octanol–water partition coefficient (Wildman–Crippen LogP) is 7.50. The molecule has 3 rings (SSSR count). The fourth-order valence-corrected chi connectivity index (χ4v) is 3.35. The van der Waals surface area contributed by atoms with Crippen molar-refractivity contribution in [2.75, 3.05) is 12.4 Å². The first kappa shape index (κ1) is 20.9. The van der Waals surface area contributed by atoms with Crippen LogP contribution in [0.2, 0.25) is 20.1 Å². The second kappa shape index (κ2) is 9.62. The lowest BCUT2D eigenvalue weighted by atomic mass is 10.2. The number of hydrogen-bond donors (Lipinski definition) is 1. The van der Waals surface area contributed by atoms with Crippen LogP contribution < -0.4 is 14.8 Å². The Hall–Kier alpha value is -1.78. The van der Waals surface area contributed by atoms with Crippen LogP contribution in [0, 0.1) is 0 Å². The van der Waals surface area contributed by atoms with Crippen LogP contribution in [0.1, 0.15) is 11.1 Å². The Labute approximate surface area is 184 Å². The van der Waals surface area contributed by atoms with Crippen molar-refractivity contribution in [1.82, 2.24) is 0 Å². The van der Waals surface area contributed by atoms with Gasteiger partial charge in [0, 0.05) is 33.2 Å². The lowest BCUT2D eigenvalue weighted by molar-refractivity contribution is 0.284. The minimum Gasteiger partial charge on any atom is -0.493 e. The van der Waals surface area contributed by atoms with Crippen LogP contribution in [0.5, 0.6) is 11.5 Å². The Morgan fingerprint density at radius 1 is 0.786 bits per heavy atom. The lowest BCUT2D eigenvalue weighted by Crippen LogP contribution is -2.03. The number of hydrogen-bond acceptors (Lipinski definition) is 3. The van der Waals surface area contributed by atoms with Crippen molar-refractivity contribution in [2.45, 2.75) is 13.2 Å². The summed E-state index contributed by atoms with van der Waals surface area (Å²) >= 11 is 24.8. The molecule has 0 aliphatic heterocycles. The first-order valence-electron chi connectivity index (χ1n) is 8.39. The van der Waals surface area contributed by atoms with Gasteiger partial charge in [-0.2, -0.15) is 0 Å². The second-order valence-corrected chi connectivity index (χ2v) is 7.61. The van der Waals surface area contributed by atoms with Gasteiger partial charge in [0.1, 0.15) is 6.61 Å². The van der Waals surface area contributed by atoms with Gasteiger partial charge < -0.3 is 14.8 Å². The molecule has 3 aromatic rings. The average Bonchev–Trinajstić information content (AvgIpc) is 2.69. The van der Waals surface area contributed by atoms with E-state index < -0.39 is 0 Å². The summed E-state index contributed by atoms with van der Waals surface area (Å²) in [5.41, 5.74) is 2.44. The molecule has 0 saturated heterocycles. The van der Waals surface area contributed by atoms with Gasteiger partial charge in [0.25, 0.3) is 0 Å².